The van der Waals surface area contributed by atoms with Crippen molar-refractivity contribution in [1.29, 1.82) is 0 Å². The van der Waals surface area contributed by atoms with Crippen molar-refractivity contribution in [2.45, 2.75) is 38.1 Å². The van der Waals surface area contributed by atoms with Crippen LogP contribution in [0.1, 0.15) is 20.3 Å². The lowest BCUT2D eigenvalue weighted by Crippen LogP contribution is -2.50. The maximum Gasteiger partial charge on any atom is 0.200 e. The van der Waals surface area contributed by atoms with Gasteiger partial charge >= 0.3 is 0 Å². The van der Waals surface area contributed by atoms with Gasteiger partial charge in [-0.25, -0.2) is 0 Å². The predicted molar refractivity (Wildman–Crippen MR) is 71.2 cm³/mol. The summed E-state index contributed by atoms with van der Waals surface area (Å²) in [5.74, 6) is -0.492. The molecule has 3 atom stereocenters. The van der Waals surface area contributed by atoms with E-state index in [4.69, 9.17) is 4.74 Å². The molecule has 2 N–H and O–H groups in total. The molecule has 0 saturated carbocycles. The monoisotopic (exact) mass is 262 g/mol. The molecule has 4 nitrogen and oxygen atoms in total. The molecule has 0 amide bonds. The first-order valence-corrected chi connectivity index (χ1v) is 6.28. The lowest BCUT2D eigenvalue weighted by molar-refractivity contribution is -0.141. The van der Waals surface area contributed by atoms with Crippen LogP contribution in [0.5, 0.6) is 0 Å². The summed E-state index contributed by atoms with van der Waals surface area (Å²) in [5, 5.41) is 19.7. The van der Waals surface area contributed by atoms with Gasteiger partial charge in [0.15, 0.2) is 11.4 Å². The molecular weight excluding hydrogens is 244 g/mol. The summed E-state index contributed by atoms with van der Waals surface area (Å²) >= 11 is 0. The van der Waals surface area contributed by atoms with E-state index >= 15 is 0 Å². The number of aliphatic hydroxyl groups is 2. The Morgan fingerprint density at radius 1 is 1.47 bits per heavy atom. The molecule has 1 aliphatic heterocycles. The number of carbonyl (C=O) groups is 1. The third-order valence-corrected chi connectivity index (χ3v) is 3.40. The number of ketones is 1. The molecule has 19 heavy (non-hydrogen) atoms. The van der Waals surface area contributed by atoms with Gasteiger partial charge in [0.25, 0.3) is 0 Å². The molecule has 0 radical (unpaired) electrons. The van der Waals surface area contributed by atoms with Crippen LogP contribution in [0.4, 0.5) is 0 Å². The number of allylic oxidation sites excluding steroid dienone is 3. The minimum Gasteiger partial charge on any atom is -0.493 e. The molecule has 3 unspecified atom stereocenters. The van der Waals surface area contributed by atoms with E-state index < -0.39 is 17.5 Å². The highest BCUT2D eigenvalue weighted by atomic mass is 16.5. The normalized spacial score (nSPS) is 35.1. The highest BCUT2D eigenvalue weighted by molar-refractivity contribution is 6.06. The van der Waals surface area contributed by atoms with E-state index in [1.807, 2.05) is 31.2 Å². The quantitative estimate of drug-likeness (QED) is 0.738. The van der Waals surface area contributed by atoms with Crippen molar-refractivity contribution in [3.05, 3.63) is 47.8 Å². The molecule has 1 aliphatic carbocycles. The van der Waals surface area contributed by atoms with Gasteiger partial charge in [-0.3, -0.25) is 4.79 Å². The lowest BCUT2D eigenvalue weighted by atomic mass is 9.78. The van der Waals surface area contributed by atoms with Crippen molar-refractivity contribution in [2.24, 2.45) is 0 Å². The second-order valence-corrected chi connectivity index (χ2v) is 4.93. The summed E-state index contributed by atoms with van der Waals surface area (Å²) < 4.78 is 5.46. The fraction of sp³-hybridized carbons (Fsp3) is 0.400. The second kappa shape index (κ2) is 5.15. The molecule has 0 aromatic carbocycles. The maximum absolute atomic E-state index is 12.0. The summed E-state index contributed by atoms with van der Waals surface area (Å²) in [7, 11) is 0. The number of rotatable bonds is 2. The zero-order valence-corrected chi connectivity index (χ0v) is 11.0. The van der Waals surface area contributed by atoms with Crippen LogP contribution in [0.25, 0.3) is 0 Å². The average molecular weight is 262 g/mol. The SMILES string of the molecule is CC=CC=CC1CC2=CC(O)C(C)(O)C(=O)C2=CO1. The summed E-state index contributed by atoms with van der Waals surface area (Å²) in [5.41, 5.74) is -0.692. The molecule has 0 bridgehead atoms. The van der Waals surface area contributed by atoms with E-state index in [1.54, 1.807) is 0 Å². The Labute approximate surface area is 112 Å². The topological polar surface area (TPSA) is 66.8 Å². The first-order chi connectivity index (χ1) is 8.96. The highest BCUT2D eigenvalue weighted by Gasteiger charge is 2.44. The number of hydrogen-bond donors (Lipinski definition) is 2. The van der Waals surface area contributed by atoms with Crippen molar-refractivity contribution >= 4 is 5.78 Å². The van der Waals surface area contributed by atoms with Gasteiger partial charge in [-0.15, -0.1) is 0 Å². The van der Waals surface area contributed by atoms with E-state index in [1.165, 1.54) is 19.3 Å². The van der Waals surface area contributed by atoms with E-state index in [0.717, 1.165) is 5.57 Å². The number of Topliss-reactive ketones (excluding diaryl/α,β-unsaturated/α-hetero) is 1. The Morgan fingerprint density at radius 2 is 2.21 bits per heavy atom. The van der Waals surface area contributed by atoms with E-state index in [0.29, 0.717) is 12.0 Å². The Balaban J connectivity index is 2.23. The Morgan fingerprint density at radius 3 is 2.89 bits per heavy atom. The number of fused-ring (bicyclic) bond motifs is 1. The van der Waals surface area contributed by atoms with Crippen LogP contribution in [0, 0.1) is 0 Å². The summed E-state index contributed by atoms with van der Waals surface area (Å²) in [6.07, 6.45) is 9.65. The van der Waals surface area contributed by atoms with Crippen molar-refractivity contribution in [2.75, 3.05) is 0 Å². The molecule has 2 rings (SSSR count). The Bertz CT molecular complexity index is 494. The number of hydrogen-bond acceptors (Lipinski definition) is 4. The van der Waals surface area contributed by atoms with E-state index in [2.05, 4.69) is 0 Å². The van der Waals surface area contributed by atoms with Gasteiger partial charge in [0.05, 0.1) is 11.8 Å². The second-order valence-electron chi connectivity index (χ2n) is 4.93. The van der Waals surface area contributed by atoms with Crippen LogP contribution in [0.15, 0.2) is 47.8 Å². The van der Waals surface area contributed by atoms with Gasteiger partial charge < -0.3 is 14.9 Å². The summed E-state index contributed by atoms with van der Waals surface area (Å²) in [6, 6.07) is 0. The van der Waals surface area contributed by atoms with Crippen molar-refractivity contribution in [3.8, 4) is 0 Å². The number of ether oxygens (including phenoxy) is 1. The van der Waals surface area contributed by atoms with E-state index in [-0.39, 0.29) is 6.10 Å². The first kappa shape index (κ1) is 13.8. The molecule has 0 aromatic rings. The minimum atomic E-state index is -1.77. The molecule has 4 heteroatoms. The zero-order chi connectivity index (χ0) is 14.0. The maximum atomic E-state index is 12.0. The molecule has 2 aliphatic rings. The molecule has 102 valence electrons. The third-order valence-electron chi connectivity index (χ3n) is 3.40. The summed E-state index contributed by atoms with van der Waals surface area (Å²) in [4.78, 5) is 12.0. The fourth-order valence-electron chi connectivity index (χ4n) is 2.14. The van der Waals surface area contributed by atoms with Crippen LogP contribution in [-0.4, -0.2) is 33.8 Å². The largest absolute Gasteiger partial charge is 0.493 e. The van der Waals surface area contributed by atoms with Crippen molar-refractivity contribution in [3.63, 3.8) is 0 Å². The van der Waals surface area contributed by atoms with Crippen molar-refractivity contribution < 1.29 is 19.7 Å². The Kier molecular flexibility index (Phi) is 3.73. The average Bonchev–Trinajstić information content (AvgIpc) is 2.37. The molecule has 0 fully saturated rings. The van der Waals surface area contributed by atoms with E-state index in [9.17, 15) is 15.0 Å². The van der Waals surface area contributed by atoms with Gasteiger partial charge in [-0.05, 0) is 31.6 Å². The lowest BCUT2D eigenvalue weighted by Gasteiger charge is -2.35. The standard InChI is InChI=1S/C15H18O4/c1-3-4-5-6-11-7-10-8-13(16)15(2,18)14(17)12(10)9-19-11/h3-6,8-9,11,13,16,18H,7H2,1-2H3. The van der Waals surface area contributed by atoms with Gasteiger partial charge in [0.1, 0.15) is 12.2 Å². The third kappa shape index (κ3) is 2.55. The summed E-state index contributed by atoms with van der Waals surface area (Å²) in [6.45, 7) is 3.23. The van der Waals surface area contributed by atoms with Crippen LogP contribution in [0.3, 0.4) is 0 Å². The number of carbonyl (C=O) groups excluding carboxylic acids is 1. The molecule has 0 saturated heterocycles. The molecule has 1 heterocycles. The minimum absolute atomic E-state index is 0.158. The molecule has 0 aromatic heterocycles. The van der Waals surface area contributed by atoms with Gasteiger partial charge in [0.2, 0.25) is 0 Å². The molecule has 0 spiro atoms. The predicted octanol–water partition coefficient (Wildman–Crippen LogP) is 1.41. The fourth-order valence-corrected chi connectivity index (χ4v) is 2.14. The van der Waals surface area contributed by atoms with Gasteiger partial charge in [-0.1, -0.05) is 18.2 Å². The highest BCUT2D eigenvalue weighted by Crippen LogP contribution is 2.34. The van der Waals surface area contributed by atoms with Gasteiger partial charge in [-0.2, -0.15) is 0 Å². The van der Waals surface area contributed by atoms with Gasteiger partial charge in [0, 0.05) is 6.42 Å². The Hall–Kier alpha value is -1.65. The van der Waals surface area contributed by atoms with Crippen LogP contribution in [-0.2, 0) is 9.53 Å². The smallest absolute Gasteiger partial charge is 0.200 e. The number of aliphatic hydroxyl groups excluding tert-OH is 1. The zero-order valence-electron chi connectivity index (χ0n) is 11.0. The van der Waals surface area contributed by atoms with Crippen molar-refractivity contribution in [1.82, 2.24) is 0 Å². The first-order valence-electron chi connectivity index (χ1n) is 6.28. The van der Waals surface area contributed by atoms with Crippen LogP contribution >= 0.6 is 0 Å². The van der Waals surface area contributed by atoms with Crippen LogP contribution in [0.2, 0.25) is 0 Å². The molecular formula is C15H18O4. The van der Waals surface area contributed by atoms with Crippen LogP contribution < -0.4 is 0 Å².